The highest BCUT2D eigenvalue weighted by atomic mass is 14.6. The zero-order chi connectivity index (χ0) is 8.27. The van der Waals surface area contributed by atoms with Crippen LogP contribution < -0.4 is 5.73 Å². The number of benzene rings is 1. The molecule has 52 valence electrons. The molecule has 0 aliphatic rings. The largest absolute Gasteiger partial charge is 0.398 e. The molecular weight excluding hydrogens is 134 g/mol. The fraction of sp³-hybridized carbons (Fsp3) is 0. The van der Waals surface area contributed by atoms with E-state index in [9.17, 15) is 0 Å². The molecule has 11 heavy (non-hydrogen) atoms. The van der Waals surface area contributed by atoms with Gasteiger partial charge in [0.05, 0.1) is 5.56 Å². The molecule has 2 N–H and O–H groups in total. The number of nitrogen functional groups attached to an aromatic ring is 1. The minimum Gasteiger partial charge on any atom is -0.398 e. The normalized spacial score (nSPS) is 8.18. The SMILES string of the molecule is C#Cc1cccc(N)c1C#C. The van der Waals surface area contributed by atoms with Crippen LogP contribution in [-0.4, -0.2) is 0 Å². The predicted molar refractivity (Wildman–Crippen MR) is 46.7 cm³/mol. The van der Waals surface area contributed by atoms with Crippen molar-refractivity contribution in [1.29, 1.82) is 0 Å². The topological polar surface area (TPSA) is 26.0 Å². The number of anilines is 1. The van der Waals surface area contributed by atoms with Crippen LogP contribution in [0.4, 0.5) is 5.69 Å². The molecule has 0 saturated carbocycles. The van der Waals surface area contributed by atoms with Crippen LogP contribution in [0.1, 0.15) is 11.1 Å². The Morgan fingerprint density at radius 1 is 1.18 bits per heavy atom. The van der Waals surface area contributed by atoms with Crippen LogP contribution in [0.3, 0.4) is 0 Å². The van der Waals surface area contributed by atoms with Gasteiger partial charge in [0, 0.05) is 11.3 Å². The van der Waals surface area contributed by atoms with E-state index in [1.807, 2.05) is 0 Å². The summed E-state index contributed by atoms with van der Waals surface area (Å²) in [5, 5.41) is 0. The number of rotatable bonds is 0. The minimum atomic E-state index is 0.558. The van der Waals surface area contributed by atoms with Crippen molar-refractivity contribution in [1.82, 2.24) is 0 Å². The standard InChI is InChI=1S/C10H7N/c1-3-8-6-5-7-10(11)9(8)4-2/h1-2,5-7H,11H2. The first kappa shape index (κ1) is 7.25. The molecule has 0 atom stereocenters. The maximum Gasteiger partial charge on any atom is 0.0628 e. The van der Waals surface area contributed by atoms with Gasteiger partial charge in [0.2, 0.25) is 0 Å². The van der Waals surface area contributed by atoms with Gasteiger partial charge in [0.25, 0.3) is 0 Å². The summed E-state index contributed by atoms with van der Waals surface area (Å²) in [6, 6.07) is 5.28. The Morgan fingerprint density at radius 3 is 2.36 bits per heavy atom. The zero-order valence-corrected chi connectivity index (χ0v) is 5.96. The number of hydrogen-bond donors (Lipinski definition) is 1. The van der Waals surface area contributed by atoms with Crippen molar-refractivity contribution in [3.63, 3.8) is 0 Å². The summed E-state index contributed by atoms with van der Waals surface area (Å²) in [6.07, 6.45) is 10.4. The van der Waals surface area contributed by atoms with Crippen LogP contribution >= 0.6 is 0 Å². The molecule has 1 heteroatoms. The quantitative estimate of drug-likeness (QED) is 0.427. The third kappa shape index (κ3) is 1.18. The molecule has 0 aliphatic carbocycles. The van der Waals surface area contributed by atoms with E-state index in [-0.39, 0.29) is 0 Å². The summed E-state index contributed by atoms with van der Waals surface area (Å²) in [6.45, 7) is 0. The average molecular weight is 141 g/mol. The molecule has 0 aliphatic heterocycles. The van der Waals surface area contributed by atoms with E-state index in [1.54, 1.807) is 18.2 Å². The Labute approximate surface area is 66.2 Å². The molecule has 1 rings (SSSR count). The fourth-order valence-electron chi connectivity index (χ4n) is 0.852. The highest BCUT2D eigenvalue weighted by molar-refractivity contribution is 5.62. The summed E-state index contributed by atoms with van der Waals surface area (Å²) in [7, 11) is 0. The number of hydrogen-bond acceptors (Lipinski definition) is 1. The summed E-state index contributed by atoms with van der Waals surface area (Å²) in [5.74, 6) is 4.91. The second kappa shape index (κ2) is 2.82. The van der Waals surface area contributed by atoms with Crippen LogP contribution in [0.2, 0.25) is 0 Å². The Bertz CT molecular complexity index is 350. The van der Waals surface area contributed by atoms with Crippen LogP contribution in [0.15, 0.2) is 18.2 Å². The highest BCUT2D eigenvalue weighted by Crippen LogP contribution is 2.13. The third-order valence-electron chi connectivity index (χ3n) is 1.40. The first-order valence-corrected chi connectivity index (χ1v) is 3.11. The van der Waals surface area contributed by atoms with Crippen LogP contribution in [-0.2, 0) is 0 Å². The van der Waals surface area contributed by atoms with Gasteiger partial charge in [-0.2, -0.15) is 0 Å². The minimum absolute atomic E-state index is 0.558. The summed E-state index contributed by atoms with van der Waals surface area (Å²) >= 11 is 0. The van der Waals surface area contributed by atoms with Crippen molar-refractivity contribution in [2.75, 3.05) is 5.73 Å². The van der Waals surface area contributed by atoms with E-state index in [4.69, 9.17) is 18.6 Å². The number of nitrogens with two attached hydrogens (primary N) is 1. The Morgan fingerprint density at radius 2 is 1.91 bits per heavy atom. The highest BCUT2D eigenvalue weighted by Gasteiger charge is 1.98. The van der Waals surface area contributed by atoms with Gasteiger partial charge in [-0.3, -0.25) is 0 Å². The van der Waals surface area contributed by atoms with Gasteiger partial charge in [-0.15, -0.1) is 12.8 Å². The molecule has 1 nitrogen and oxygen atoms in total. The molecule has 0 fully saturated rings. The monoisotopic (exact) mass is 141 g/mol. The molecular formula is C10H7N. The third-order valence-corrected chi connectivity index (χ3v) is 1.40. The van der Waals surface area contributed by atoms with Gasteiger partial charge in [0.1, 0.15) is 0 Å². The number of terminal acetylenes is 2. The van der Waals surface area contributed by atoms with E-state index in [2.05, 4.69) is 11.8 Å². The van der Waals surface area contributed by atoms with Crippen molar-refractivity contribution in [2.45, 2.75) is 0 Å². The van der Waals surface area contributed by atoms with E-state index in [0.29, 0.717) is 16.8 Å². The van der Waals surface area contributed by atoms with Crippen molar-refractivity contribution < 1.29 is 0 Å². The molecule has 0 bridgehead atoms. The average Bonchev–Trinajstić information content (AvgIpc) is 2.04. The smallest absolute Gasteiger partial charge is 0.0628 e. The molecule has 0 unspecified atom stereocenters. The van der Waals surface area contributed by atoms with Gasteiger partial charge in [-0.25, -0.2) is 0 Å². The molecule has 0 saturated heterocycles. The lowest BCUT2D eigenvalue weighted by Gasteiger charge is -1.99. The van der Waals surface area contributed by atoms with Crippen molar-refractivity contribution in [3.05, 3.63) is 29.3 Å². The van der Waals surface area contributed by atoms with Crippen LogP contribution in [0, 0.1) is 24.7 Å². The lowest BCUT2D eigenvalue weighted by molar-refractivity contribution is 1.58. The molecule has 0 aromatic heterocycles. The lowest BCUT2D eigenvalue weighted by atomic mass is 10.1. The summed E-state index contributed by atoms with van der Waals surface area (Å²) in [5.41, 5.74) is 7.41. The molecule has 1 aromatic rings. The van der Waals surface area contributed by atoms with E-state index in [1.165, 1.54) is 0 Å². The van der Waals surface area contributed by atoms with Gasteiger partial charge in [-0.1, -0.05) is 17.9 Å². The van der Waals surface area contributed by atoms with Crippen molar-refractivity contribution in [3.8, 4) is 24.7 Å². The Kier molecular flexibility index (Phi) is 1.86. The predicted octanol–water partition coefficient (Wildman–Crippen LogP) is 1.23. The summed E-state index contributed by atoms with van der Waals surface area (Å²) < 4.78 is 0. The first-order valence-electron chi connectivity index (χ1n) is 3.11. The molecule has 1 aromatic carbocycles. The Balaban J connectivity index is 3.42. The second-order valence-corrected chi connectivity index (χ2v) is 2.06. The van der Waals surface area contributed by atoms with E-state index >= 15 is 0 Å². The van der Waals surface area contributed by atoms with Gasteiger partial charge in [-0.05, 0) is 12.1 Å². The van der Waals surface area contributed by atoms with Crippen molar-refractivity contribution in [2.24, 2.45) is 0 Å². The van der Waals surface area contributed by atoms with Crippen LogP contribution in [0.5, 0.6) is 0 Å². The molecule has 0 amide bonds. The maximum atomic E-state index is 5.57. The van der Waals surface area contributed by atoms with Gasteiger partial charge in [0.15, 0.2) is 0 Å². The second-order valence-electron chi connectivity index (χ2n) is 2.06. The zero-order valence-electron chi connectivity index (χ0n) is 5.96. The summed E-state index contributed by atoms with van der Waals surface area (Å²) in [4.78, 5) is 0. The maximum absolute atomic E-state index is 5.57. The van der Waals surface area contributed by atoms with Gasteiger partial charge < -0.3 is 5.73 Å². The van der Waals surface area contributed by atoms with Gasteiger partial charge >= 0.3 is 0 Å². The molecule has 0 radical (unpaired) electrons. The fourth-order valence-corrected chi connectivity index (χ4v) is 0.852. The van der Waals surface area contributed by atoms with E-state index in [0.717, 1.165) is 0 Å². The van der Waals surface area contributed by atoms with E-state index < -0.39 is 0 Å². The van der Waals surface area contributed by atoms with Crippen molar-refractivity contribution >= 4 is 5.69 Å². The molecule has 0 heterocycles. The lowest BCUT2D eigenvalue weighted by Crippen LogP contribution is -1.92. The molecule has 0 spiro atoms. The first-order chi connectivity index (χ1) is 5.29. The Hall–Kier alpha value is -1.86. The van der Waals surface area contributed by atoms with Crippen LogP contribution in [0.25, 0.3) is 0 Å².